The van der Waals surface area contributed by atoms with Gasteiger partial charge in [-0.2, -0.15) is 12.6 Å². The summed E-state index contributed by atoms with van der Waals surface area (Å²) in [5, 5.41) is 10.7. The molecule has 0 radical (unpaired) electrons. The van der Waals surface area contributed by atoms with Crippen molar-refractivity contribution in [3.63, 3.8) is 0 Å². The Morgan fingerprint density at radius 3 is 2.42 bits per heavy atom. The average molecular weight is 413 g/mol. The van der Waals surface area contributed by atoms with Gasteiger partial charge < -0.3 is 4.74 Å². The first-order valence-corrected chi connectivity index (χ1v) is 8.04. The minimum Gasteiger partial charge on any atom is -0.491 e. The third-order valence-electron chi connectivity index (χ3n) is 2.67. The maximum atomic E-state index is 10.7. The van der Waals surface area contributed by atoms with Crippen LogP contribution < -0.4 is 4.74 Å². The van der Waals surface area contributed by atoms with E-state index in [9.17, 15) is 10.1 Å². The fourth-order valence-corrected chi connectivity index (χ4v) is 3.35. The highest BCUT2D eigenvalue weighted by Crippen LogP contribution is 2.37. The van der Waals surface area contributed by atoms with E-state index >= 15 is 0 Å². The number of rotatable bonds is 7. The summed E-state index contributed by atoms with van der Waals surface area (Å²) in [5.74, 6) is 2.02. The third kappa shape index (κ3) is 5.31. The minimum absolute atomic E-state index is 0.0227. The van der Waals surface area contributed by atoms with Gasteiger partial charge in [0.25, 0.3) is 5.69 Å². The number of halogens is 2. The molecule has 0 aliphatic rings. The molecule has 0 spiro atoms. The van der Waals surface area contributed by atoms with Crippen LogP contribution in [-0.2, 0) is 0 Å². The zero-order valence-electron chi connectivity index (χ0n) is 10.4. The lowest BCUT2D eigenvalue weighted by Gasteiger charge is -2.13. The molecule has 1 rings (SSSR count). The molecule has 7 heteroatoms. The Morgan fingerprint density at radius 1 is 1.37 bits per heavy atom. The summed E-state index contributed by atoms with van der Waals surface area (Å²) in [4.78, 5) is 10.3. The highest BCUT2D eigenvalue weighted by molar-refractivity contribution is 9.11. The van der Waals surface area contributed by atoms with Gasteiger partial charge in [0.1, 0.15) is 5.75 Å². The lowest BCUT2D eigenvalue weighted by atomic mass is 10.1. The van der Waals surface area contributed by atoms with E-state index in [2.05, 4.69) is 51.4 Å². The molecule has 1 atom stereocenters. The second-order valence-corrected chi connectivity index (χ2v) is 6.41. The average Bonchev–Trinajstić information content (AvgIpc) is 2.32. The fraction of sp³-hybridized carbons (Fsp3) is 0.500. The molecule has 0 aliphatic carbocycles. The van der Waals surface area contributed by atoms with Gasteiger partial charge in [0, 0.05) is 12.1 Å². The molecular weight excluding hydrogens is 398 g/mol. The molecule has 0 heterocycles. The number of nitrogens with zero attached hydrogens (tertiary/aromatic N) is 1. The van der Waals surface area contributed by atoms with Crippen LogP contribution in [0, 0.1) is 16.0 Å². The van der Waals surface area contributed by atoms with Crippen molar-refractivity contribution >= 4 is 50.2 Å². The van der Waals surface area contributed by atoms with E-state index in [1.807, 2.05) is 0 Å². The molecule has 1 aromatic rings. The standard InChI is InChI=1S/C12H15Br2NO3S/c1-8(3-5-19)2-4-18-12-10(13)6-9(15(16)17)7-11(12)14/h6-8,19H,2-5H2,1H3. The van der Waals surface area contributed by atoms with Gasteiger partial charge in [-0.1, -0.05) is 6.92 Å². The number of nitro groups is 1. The number of hydrogen-bond donors (Lipinski definition) is 1. The molecule has 106 valence electrons. The Balaban J connectivity index is 2.66. The summed E-state index contributed by atoms with van der Waals surface area (Å²) < 4.78 is 6.84. The largest absolute Gasteiger partial charge is 0.491 e. The quantitative estimate of drug-likeness (QED) is 0.395. The molecule has 1 aromatic carbocycles. The van der Waals surface area contributed by atoms with Gasteiger partial charge >= 0.3 is 0 Å². The number of thiol groups is 1. The summed E-state index contributed by atoms with van der Waals surface area (Å²) in [5.41, 5.74) is 0.0227. The van der Waals surface area contributed by atoms with Crippen molar-refractivity contribution in [1.29, 1.82) is 0 Å². The summed E-state index contributed by atoms with van der Waals surface area (Å²) in [6, 6.07) is 2.88. The normalized spacial score (nSPS) is 12.2. The lowest BCUT2D eigenvalue weighted by molar-refractivity contribution is -0.385. The molecule has 0 amide bonds. The van der Waals surface area contributed by atoms with Crippen LogP contribution in [-0.4, -0.2) is 17.3 Å². The predicted molar refractivity (Wildman–Crippen MR) is 86.2 cm³/mol. The molecule has 0 saturated heterocycles. The van der Waals surface area contributed by atoms with Gasteiger partial charge in [-0.25, -0.2) is 0 Å². The van der Waals surface area contributed by atoms with Crippen LogP contribution in [0.1, 0.15) is 19.8 Å². The van der Waals surface area contributed by atoms with E-state index in [1.54, 1.807) is 0 Å². The molecule has 0 N–H and O–H groups in total. The number of benzene rings is 1. The first kappa shape index (κ1) is 16.8. The summed E-state index contributed by atoms with van der Waals surface area (Å²) in [6.45, 7) is 2.73. The zero-order valence-corrected chi connectivity index (χ0v) is 14.5. The smallest absolute Gasteiger partial charge is 0.271 e. The van der Waals surface area contributed by atoms with Crippen molar-refractivity contribution in [2.24, 2.45) is 5.92 Å². The Labute approximate surface area is 134 Å². The van der Waals surface area contributed by atoms with Crippen molar-refractivity contribution in [2.45, 2.75) is 19.8 Å². The predicted octanol–water partition coefficient (Wildman–Crippen LogP) is 4.84. The SMILES string of the molecule is CC(CCS)CCOc1c(Br)cc([N+](=O)[O-])cc1Br. The van der Waals surface area contributed by atoms with Crippen LogP contribution >= 0.6 is 44.5 Å². The van der Waals surface area contributed by atoms with Gasteiger partial charge in [0.2, 0.25) is 0 Å². The Hall–Kier alpha value is -0.270. The monoisotopic (exact) mass is 411 g/mol. The third-order valence-corrected chi connectivity index (χ3v) is 4.11. The van der Waals surface area contributed by atoms with E-state index in [4.69, 9.17) is 4.74 Å². The minimum atomic E-state index is -0.436. The summed E-state index contributed by atoms with van der Waals surface area (Å²) in [7, 11) is 0. The van der Waals surface area contributed by atoms with Crippen molar-refractivity contribution in [3.8, 4) is 5.75 Å². The van der Waals surface area contributed by atoms with Crippen molar-refractivity contribution < 1.29 is 9.66 Å². The van der Waals surface area contributed by atoms with Crippen LogP contribution in [0.3, 0.4) is 0 Å². The van der Waals surface area contributed by atoms with Crippen LogP contribution in [0.5, 0.6) is 5.75 Å². The van der Waals surface area contributed by atoms with Crippen LogP contribution in [0.4, 0.5) is 5.69 Å². The summed E-state index contributed by atoms with van der Waals surface area (Å²) in [6.07, 6.45) is 1.98. The van der Waals surface area contributed by atoms with E-state index in [1.165, 1.54) is 12.1 Å². The Kier molecular flexibility index (Phi) is 7.17. The van der Waals surface area contributed by atoms with Gasteiger partial charge in [-0.15, -0.1) is 0 Å². The first-order chi connectivity index (χ1) is 8.95. The van der Waals surface area contributed by atoms with Gasteiger partial charge in [0.15, 0.2) is 0 Å². The molecule has 0 bridgehead atoms. The Bertz CT molecular complexity index is 434. The number of ether oxygens (including phenoxy) is 1. The highest BCUT2D eigenvalue weighted by atomic mass is 79.9. The van der Waals surface area contributed by atoms with Gasteiger partial charge in [-0.3, -0.25) is 10.1 Å². The van der Waals surface area contributed by atoms with Crippen molar-refractivity contribution in [3.05, 3.63) is 31.2 Å². The second kappa shape index (κ2) is 8.11. The molecule has 19 heavy (non-hydrogen) atoms. The van der Waals surface area contributed by atoms with Crippen molar-refractivity contribution in [1.82, 2.24) is 0 Å². The number of nitro benzene ring substituents is 1. The maximum Gasteiger partial charge on any atom is 0.271 e. The molecule has 0 fully saturated rings. The van der Waals surface area contributed by atoms with Crippen LogP contribution in [0.25, 0.3) is 0 Å². The fourth-order valence-electron chi connectivity index (χ4n) is 1.52. The molecule has 0 aromatic heterocycles. The molecule has 0 saturated carbocycles. The lowest BCUT2D eigenvalue weighted by Crippen LogP contribution is -2.05. The Morgan fingerprint density at radius 2 is 1.95 bits per heavy atom. The van der Waals surface area contributed by atoms with Crippen LogP contribution in [0.2, 0.25) is 0 Å². The first-order valence-electron chi connectivity index (χ1n) is 5.82. The second-order valence-electron chi connectivity index (χ2n) is 4.25. The molecule has 0 aliphatic heterocycles. The van der Waals surface area contributed by atoms with Crippen molar-refractivity contribution in [2.75, 3.05) is 12.4 Å². The van der Waals surface area contributed by atoms with E-state index in [0.717, 1.165) is 18.6 Å². The molecule has 1 unspecified atom stereocenters. The summed E-state index contributed by atoms with van der Waals surface area (Å²) >= 11 is 10.8. The molecule has 4 nitrogen and oxygen atoms in total. The van der Waals surface area contributed by atoms with E-state index in [0.29, 0.717) is 27.2 Å². The molecular formula is C12H15Br2NO3S. The van der Waals surface area contributed by atoms with E-state index in [-0.39, 0.29) is 5.69 Å². The van der Waals surface area contributed by atoms with Gasteiger partial charge in [-0.05, 0) is 56.4 Å². The van der Waals surface area contributed by atoms with E-state index < -0.39 is 4.92 Å². The van der Waals surface area contributed by atoms with Crippen LogP contribution in [0.15, 0.2) is 21.1 Å². The topological polar surface area (TPSA) is 52.4 Å². The van der Waals surface area contributed by atoms with Gasteiger partial charge in [0.05, 0.1) is 20.5 Å². The maximum absolute atomic E-state index is 10.7. The highest BCUT2D eigenvalue weighted by Gasteiger charge is 2.15. The zero-order chi connectivity index (χ0) is 14.4. The number of hydrogen-bond acceptors (Lipinski definition) is 4. The number of non-ortho nitro benzene ring substituents is 1.